The van der Waals surface area contributed by atoms with E-state index in [0.717, 1.165) is 21.8 Å². The van der Waals surface area contributed by atoms with Crippen molar-refractivity contribution in [2.75, 3.05) is 14.2 Å². The van der Waals surface area contributed by atoms with Gasteiger partial charge in [0.15, 0.2) is 11.5 Å². The zero-order chi connectivity index (χ0) is 21.3. The lowest BCUT2D eigenvalue weighted by Crippen LogP contribution is -2.20. The first-order chi connectivity index (χ1) is 14.6. The van der Waals surface area contributed by atoms with Gasteiger partial charge in [0.2, 0.25) is 5.91 Å². The first-order valence-electron chi connectivity index (χ1n) is 9.38. The van der Waals surface area contributed by atoms with Crippen LogP contribution in [0.4, 0.5) is 0 Å². The largest absolute Gasteiger partial charge is 0.493 e. The molecular formula is C23H24N2O4S. The summed E-state index contributed by atoms with van der Waals surface area (Å²) in [5, 5.41) is 5.86. The third kappa shape index (κ3) is 5.84. The number of ether oxygens (including phenoxy) is 3. The zero-order valence-electron chi connectivity index (χ0n) is 17.2. The first-order valence-corrected chi connectivity index (χ1v) is 10.3. The lowest BCUT2D eigenvalue weighted by atomic mass is 10.2. The molecule has 0 spiro atoms. The maximum Gasteiger partial charge on any atom is 0.244 e. The van der Waals surface area contributed by atoms with Crippen LogP contribution in [0.3, 0.4) is 0 Å². The molecule has 1 aromatic heterocycles. The van der Waals surface area contributed by atoms with Crippen molar-refractivity contribution in [2.24, 2.45) is 0 Å². The SMILES string of the molecule is COc1ccc(CNC(=O)/C=C/c2ccccc2OCc2csc(C)n2)cc1OC. The van der Waals surface area contributed by atoms with E-state index >= 15 is 0 Å². The molecule has 30 heavy (non-hydrogen) atoms. The lowest BCUT2D eigenvalue weighted by molar-refractivity contribution is -0.116. The van der Waals surface area contributed by atoms with E-state index < -0.39 is 0 Å². The first kappa shape index (κ1) is 21.4. The average molecular weight is 425 g/mol. The molecule has 0 bridgehead atoms. The summed E-state index contributed by atoms with van der Waals surface area (Å²) in [7, 11) is 3.17. The van der Waals surface area contributed by atoms with Crippen LogP contribution in [0.1, 0.15) is 21.8 Å². The third-order valence-corrected chi connectivity index (χ3v) is 5.11. The summed E-state index contributed by atoms with van der Waals surface area (Å²) in [5.41, 5.74) is 2.63. The van der Waals surface area contributed by atoms with Gasteiger partial charge in [-0.05, 0) is 36.8 Å². The highest BCUT2D eigenvalue weighted by molar-refractivity contribution is 7.09. The van der Waals surface area contributed by atoms with E-state index in [1.807, 2.05) is 54.8 Å². The van der Waals surface area contributed by atoms with Gasteiger partial charge in [0.05, 0.1) is 24.9 Å². The lowest BCUT2D eigenvalue weighted by Gasteiger charge is -2.10. The number of aromatic nitrogens is 1. The van der Waals surface area contributed by atoms with Crippen LogP contribution in [0, 0.1) is 6.92 Å². The number of nitrogens with one attached hydrogen (secondary N) is 1. The summed E-state index contributed by atoms with van der Waals surface area (Å²) in [4.78, 5) is 16.7. The van der Waals surface area contributed by atoms with Crippen LogP contribution in [-0.2, 0) is 17.9 Å². The maximum absolute atomic E-state index is 12.3. The highest BCUT2D eigenvalue weighted by atomic mass is 32.1. The van der Waals surface area contributed by atoms with Gasteiger partial charge in [-0.25, -0.2) is 4.98 Å². The third-order valence-electron chi connectivity index (χ3n) is 4.29. The van der Waals surface area contributed by atoms with E-state index in [9.17, 15) is 4.79 Å². The van der Waals surface area contributed by atoms with Crippen LogP contribution in [0.25, 0.3) is 6.08 Å². The van der Waals surface area contributed by atoms with Gasteiger partial charge in [-0.2, -0.15) is 0 Å². The van der Waals surface area contributed by atoms with Crippen molar-refractivity contribution in [3.8, 4) is 17.2 Å². The van der Waals surface area contributed by atoms with Gasteiger partial charge in [0.25, 0.3) is 0 Å². The molecule has 7 heteroatoms. The van der Waals surface area contributed by atoms with Crippen molar-refractivity contribution in [1.82, 2.24) is 10.3 Å². The summed E-state index contributed by atoms with van der Waals surface area (Å²) in [6, 6.07) is 13.1. The van der Waals surface area contributed by atoms with E-state index in [4.69, 9.17) is 14.2 Å². The van der Waals surface area contributed by atoms with Crippen molar-refractivity contribution in [3.05, 3.63) is 75.7 Å². The Hall–Kier alpha value is -3.32. The summed E-state index contributed by atoms with van der Waals surface area (Å²) < 4.78 is 16.4. The van der Waals surface area contributed by atoms with Gasteiger partial charge < -0.3 is 19.5 Å². The highest BCUT2D eigenvalue weighted by Gasteiger charge is 2.06. The molecule has 6 nitrogen and oxygen atoms in total. The van der Waals surface area contributed by atoms with Crippen molar-refractivity contribution in [2.45, 2.75) is 20.1 Å². The van der Waals surface area contributed by atoms with Gasteiger partial charge in [0, 0.05) is 23.6 Å². The van der Waals surface area contributed by atoms with Gasteiger partial charge in [-0.15, -0.1) is 11.3 Å². The molecule has 0 aliphatic carbocycles. The second kappa shape index (κ2) is 10.5. The summed E-state index contributed by atoms with van der Waals surface area (Å²) in [6.45, 7) is 2.73. The van der Waals surface area contributed by atoms with E-state index in [1.165, 1.54) is 6.08 Å². The summed E-state index contributed by atoms with van der Waals surface area (Å²) >= 11 is 1.59. The summed E-state index contributed by atoms with van der Waals surface area (Å²) in [6.07, 6.45) is 3.24. The van der Waals surface area contributed by atoms with Crippen LogP contribution in [0.15, 0.2) is 53.9 Å². The Bertz CT molecular complexity index is 1030. The molecule has 2 aromatic carbocycles. The molecule has 3 rings (SSSR count). The Morgan fingerprint density at radius 1 is 1.10 bits per heavy atom. The Labute approximate surface area is 180 Å². The van der Waals surface area contributed by atoms with Crippen molar-refractivity contribution >= 4 is 23.3 Å². The molecule has 1 amide bonds. The minimum atomic E-state index is -0.199. The molecule has 3 aromatic rings. The number of rotatable bonds is 9. The molecule has 156 valence electrons. The molecule has 0 fully saturated rings. The van der Waals surface area contributed by atoms with Crippen LogP contribution >= 0.6 is 11.3 Å². The predicted molar refractivity (Wildman–Crippen MR) is 118 cm³/mol. The standard InChI is InChI=1S/C23H24N2O4S/c1-16-25-19(15-30-16)14-29-20-7-5-4-6-18(20)9-11-23(26)24-13-17-8-10-21(27-2)22(12-17)28-3/h4-12,15H,13-14H2,1-3H3,(H,24,26)/b11-9+. The fraction of sp³-hybridized carbons (Fsp3) is 0.217. The van der Waals surface area contributed by atoms with E-state index in [-0.39, 0.29) is 5.91 Å². The number of methoxy groups -OCH3 is 2. The minimum absolute atomic E-state index is 0.199. The molecule has 0 saturated carbocycles. The zero-order valence-corrected chi connectivity index (χ0v) is 18.0. The van der Waals surface area contributed by atoms with Gasteiger partial charge in [0.1, 0.15) is 12.4 Å². The highest BCUT2D eigenvalue weighted by Crippen LogP contribution is 2.27. The van der Waals surface area contributed by atoms with Crippen LogP contribution in [-0.4, -0.2) is 25.1 Å². The number of hydrogen-bond acceptors (Lipinski definition) is 6. The number of carbonyl (C=O) groups is 1. The Balaban J connectivity index is 1.58. The van der Waals surface area contributed by atoms with Crippen molar-refractivity contribution < 1.29 is 19.0 Å². The maximum atomic E-state index is 12.3. The Morgan fingerprint density at radius 3 is 2.63 bits per heavy atom. The van der Waals surface area contributed by atoms with Crippen LogP contribution < -0.4 is 19.5 Å². The van der Waals surface area contributed by atoms with Crippen molar-refractivity contribution in [3.63, 3.8) is 0 Å². The number of thiazole rings is 1. The fourth-order valence-corrected chi connectivity index (χ4v) is 3.38. The monoisotopic (exact) mass is 424 g/mol. The molecule has 0 saturated heterocycles. The molecule has 1 heterocycles. The normalized spacial score (nSPS) is 10.8. The second-order valence-corrected chi connectivity index (χ2v) is 7.49. The van der Waals surface area contributed by atoms with Crippen LogP contribution in [0.5, 0.6) is 17.2 Å². The van der Waals surface area contributed by atoms with Crippen LogP contribution in [0.2, 0.25) is 0 Å². The molecular weight excluding hydrogens is 400 g/mol. The number of carbonyl (C=O) groups excluding carboxylic acids is 1. The van der Waals surface area contributed by atoms with E-state index in [1.54, 1.807) is 31.6 Å². The van der Waals surface area contributed by atoms with E-state index in [0.29, 0.717) is 30.4 Å². The minimum Gasteiger partial charge on any atom is -0.493 e. The fourth-order valence-electron chi connectivity index (χ4n) is 2.78. The number of hydrogen-bond donors (Lipinski definition) is 1. The molecule has 1 N–H and O–H groups in total. The number of para-hydroxylation sites is 1. The predicted octanol–water partition coefficient (Wildman–Crippen LogP) is 4.38. The van der Waals surface area contributed by atoms with Gasteiger partial charge >= 0.3 is 0 Å². The number of aryl methyl sites for hydroxylation is 1. The number of nitrogens with zero attached hydrogens (tertiary/aromatic N) is 1. The molecule has 0 radical (unpaired) electrons. The Morgan fingerprint density at radius 2 is 1.90 bits per heavy atom. The van der Waals surface area contributed by atoms with E-state index in [2.05, 4.69) is 10.3 Å². The smallest absolute Gasteiger partial charge is 0.244 e. The van der Waals surface area contributed by atoms with Gasteiger partial charge in [-0.1, -0.05) is 24.3 Å². The number of amides is 1. The van der Waals surface area contributed by atoms with Crippen molar-refractivity contribution in [1.29, 1.82) is 0 Å². The Kier molecular flexibility index (Phi) is 7.45. The molecule has 0 aliphatic heterocycles. The number of benzene rings is 2. The molecule has 0 aliphatic rings. The summed E-state index contributed by atoms with van der Waals surface area (Å²) in [5.74, 6) is 1.78. The average Bonchev–Trinajstić information content (AvgIpc) is 3.20. The topological polar surface area (TPSA) is 69.7 Å². The quantitative estimate of drug-likeness (QED) is 0.517. The molecule has 0 unspecified atom stereocenters. The van der Waals surface area contributed by atoms with Gasteiger partial charge in [-0.3, -0.25) is 4.79 Å². The second-order valence-electron chi connectivity index (χ2n) is 6.42. The molecule has 0 atom stereocenters.